The minimum atomic E-state index is -0.573. The van der Waals surface area contributed by atoms with Gasteiger partial charge in [0.2, 0.25) is 0 Å². The van der Waals surface area contributed by atoms with Crippen LogP contribution in [0.25, 0.3) is 0 Å². The number of hydrogen-bond acceptors (Lipinski definition) is 4. The summed E-state index contributed by atoms with van der Waals surface area (Å²) in [6.07, 6.45) is 0. The van der Waals surface area contributed by atoms with Crippen molar-refractivity contribution in [3.05, 3.63) is 32.3 Å². The molecular weight excluding hydrogens is 254 g/mol. The molecule has 0 bridgehead atoms. The molecule has 0 atom stereocenters. The van der Waals surface area contributed by atoms with Gasteiger partial charge in [-0.15, -0.1) is 0 Å². The van der Waals surface area contributed by atoms with Crippen molar-refractivity contribution in [1.29, 1.82) is 0 Å². The Hall–Kier alpha value is -1.14. The quantitative estimate of drug-likeness (QED) is 0.666. The molecule has 0 radical (unpaired) electrons. The maximum atomic E-state index is 10.7. The molecular formula is C8H8BrNO4. The van der Waals surface area contributed by atoms with Crippen LogP contribution in [0.5, 0.6) is 5.75 Å². The Morgan fingerprint density at radius 2 is 2.29 bits per heavy atom. The maximum Gasteiger partial charge on any atom is 0.316 e. The predicted octanol–water partition coefficient (Wildman–Crippen LogP) is 1.86. The summed E-state index contributed by atoms with van der Waals surface area (Å²) in [4.78, 5) is 10.1. The fraction of sp³-hybridized carbons (Fsp3) is 0.250. The summed E-state index contributed by atoms with van der Waals surface area (Å²) in [7, 11) is 1.34. The average Bonchev–Trinajstić information content (AvgIpc) is 2.15. The molecule has 0 saturated heterocycles. The van der Waals surface area contributed by atoms with E-state index in [-0.39, 0.29) is 17.0 Å². The van der Waals surface area contributed by atoms with Crippen molar-refractivity contribution in [3.8, 4) is 5.75 Å². The lowest BCUT2D eigenvalue weighted by Crippen LogP contribution is -1.99. The van der Waals surface area contributed by atoms with Crippen molar-refractivity contribution in [2.75, 3.05) is 7.11 Å². The van der Waals surface area contributed by atoms with E-state index < -0.39 is 11.5 Å². The number of aliphatic hydroxyl groups is 1. The summed E-state index contributed by atoms with van der Waals surface area (Å²) in [5.41, 5.74) is 0.0272. The van der Waals surface area contributed by atoms with Crippen LogP contribution in [-0.4, -0.2) is 17.1 Å². The van der Waals surface area contributed by atoms with E-state index in [1.54, 1.807) is 0 Å². The van der Waals surface area contributed by atoms with Gasteiger partial charge in [-0.25, -0.2) is 0 Å². The van der Waals surface area contributed by atoms with Crippen LogP contribution in [0.3, 0.4) is 0 Å². The van der Waals surface area contributed by atoms with Crippen LogP contribution in [0.4, 0.5) is 5.69 Å². The maximum absolute atomic E-state index is 10.7. The summed E-state index contributed by atoms with van der Waals surface area (Å²) in [6.45, 7) is -0.397. The molecule has 6 heteroatoms. The third-order valence-corrected chi connectivity index (χ3v) is 2.15. The van der Waals surface area contributed by atoms with E-state index in [0.717, 1.165) is 0 Å². The Balaban J connectivity index is 3.40. The Kier molecular flexibility index (Phi) is 3.43. The molecule has 1 aromatic carbocycles. The number of ether oxygens (including phenoxy) is 1. The first kappa shape index (κ1) is 10.9. The standard InChI is InChI=1S/C8H8BrNO4/c1-14-7-3-6(9)2-5(4-11)8(7)10(12)13/h2-3,11H,4H2,1H3. The van der Waals surface area contributed by atoms with Crippen LogP contribution < -0.4 is 4.74 Å². The smallest absolute Gasteiger partial charge is 0.316 e. The van der Waals surface area contributed by atoms with Crippen molar-refractivity contribution in [3.63, 3.8) is 0 Å². The predicted molar refractivity (Wildman–Crippen MR) is 53.3 cm³/mol. The number of rotatable bonds is 3. The van der Waals surface area contributed by atoms with Crippen LogP contribution in [0.15, 0.2) is 16.6 Å². The van der Waals surface area contributed by atoms with Gasteiger partial charge in [0.1, 0.15) is 0 Å². The average molecular weight is 262 g/mol. The van der Waals surface area contributed by atoms with Crippen molar-refractivity contribution in [2.24, 2.45) is 0 Å². The highest BCUT2D eigenvalue weighted by molar-refractivity contribution is 9.10. The largest absolute Gasteiger partial charge is 0.490 e. The van der Waals surface area contributed by atoms with Gasteiger partial charge in [0.05, 0.1) is 24.2 Å². The third-order valence-electron chi connectivity index (χ3n) is 1.69. The molecule has 0 aliphatic carbocycles. The number of hydrogen-bond donors (Lipinski definition) is 1. The minimum Gasteiger partial charge on any atom is -0.490 e. The normalized spacial score (nSPS) is 9.93. The lowest BCUT2D eigenvalue weighted by molar-refractivity contribution is -0.386. The van der Waals surface area contributed by atoms with E-state index >= 15 is 0 Å². The van der Waals surface area contributed by atoms with Gasteiger partial charge in [0.15, 0.2) is 5.75 Å². The molecule has 1 rings (SSSR count). The molecule has 0 aromatic heterocycles. The Bertz CT molecular complexity index is 341. The summed E-state index contributed by atoms with van der Waals surface area (Å²) >= 11 is 3.16. The molecule has 1 aromatic rings. The molecule has 0 aliphatic rings. The van der Waals surface area contributed by atoms with Gasteiger partial charge in [-0.1, -0.05) is 15.9 Å². The molecule has 0 unspecified atom stereocenters. The highest BCUT2D eigenvalue weighted by Crippen LogP contribution is 2.34. The molecule has 0 spiro atoms. The molecule has 0 heterocycles. The monoisotopic (exact) mass is 261 g/mol. The molecule has 5 nitrogen and oxygen atoms in total. The summed E-state index contributed by atoms with van der Waals surface area (Å²) in [5, 5.41) is 19.6. The number of aliphatic hydroxyl groups excluding tert-OH is 1. The zero-order valence-corrected chi connectivity index (χ0v) is 8.94. The van der Waals surface area contributed by atoms with Gasteiger partial charge in [0, 0.05) is 10.5 Å². The van der Waals surface area contributed by atoms with E-state index in [4.69, 9.17) is 9.84 Å². The molecule has 14 heavy (non-hydrogen) atoms. The van der Waals surface area contributed by atoms with Gasteiger partial charge >= 0.3 is 5.69 Å². The zero-order valence-electron chi connectivity index (χ0n) is 7.36. The SMILES string of the molecule is COc1cc(Br)cc(CO)c1[N+](=O)[O-]. The Morgan fingerprint density at radius 1 is 1.64 bits per heavy atom. The Labute approximate surface area is 88.6 Å². The number of nitrogens with zero attached hydrogens (tertiary/aromatic N) is 1. The van der Waals surface area contributed by atoms with E-state index in [0.29, 0.717) is 4.47 Å². The first-order valence-corrected chi connectivity index (χ1v) is 4.51. The number of halogens is 1. The lowest BCUT2D eigenvalue weighted by atomic mass is 10.2. The second-order valence-electron chi connectivity index (χ2n) is 2.53. The second kappa shape index (κ2) is 4.39. The van der Waals surface area contributed by atoms with Crippen LogP contribution >= 0.6 is 15.9 Å². The highest BCUT2D eigenvalue weighted by atomic mass is 79.9. The van der Waals surface area contributed by atoms with Gasteiger partial charge in [-0.05, 0) is 6.07 Å². The van der Waals surface area contributed by atoms with Crippen LogP contribution in [0.1, 0.15) is 5.56 Å². The van der Waals surface area contributed by atoms with Crippen LogP contribution in [-0.2, 0) is 6.61 Å². The van der Waals surface area contributed by atoms with E-state index in [2.05, 4.69) is 15.9 Å². The van der Waals surface area contributed by atoms with Crippen molar-refractivity contribution < 1.29 is 14.8 Å². The van der Waals surface area contributed by atoms with Crippen LogP contribution in [0.2, 0.25) is 0 Å². The molecule has 0 saturated carbocycles. The van der Waals surface area contributed by atoms with Crippen molar-refractivity contribution >= 4 is 21.6 Å². The molecule has 76 valence electrons. The molecule has 1 N–H and O–H groups in total. The van der Waals surface area contributed by atoms with E-state index in [9.17, 15) is 10.1 Å². The molecule has 0 fully saturated rings. The minimum absolute atomic E-state index is 0.133. The van der Waals surface area contributed by atoms with Crippen LogP contribution in [0, 0.1) is 10.1 Å². The number of nitro benzene ring substituents is 1. The van der Waals surface area contributed by atoms with Gasteiger partial charge < -0.3 is 9.84 Å². The van der Waals surface area contributed by atoms with Gasteiger partial charge in [-0.3, -0.25) is 10.1 Å². The third kappa shape index (κ3) is 2.02. The first-order valence-electron chi connectivity index (χ1n) is 3.71. The van der Waals surface area contributed by atoms with Gasteiger partial charge in [-0.2, -0.15) is 0 Å². The molecule has 0 aliphatic heterocycles. The number of nitro groups is 1. The fourth-order valence-corrected chi connectivity index (χ4v) is 1.60. The fourth-order valence-electron chi connectivity index (χ4n) is 1.11. The topological polar surface area (TPSA) is 72.6 Å². The molecule has 0 amide bonds. The number of methoxy groups -OCH3 is 1. The first-order chi connectivity index (χ1) is 6.60. The highest BCUT2D eigenvalue weighted by Gasteiger charge is 2.20. The van der Waals surface area contributed by atoms with Crippen molar-refractivity contribution in [2.45, 2.75) is 6.61 Å². The zero-order chi connectivity index (χ0) is 10.7. The van der Waals surface area contributed by atoms with E-state index in [1.807, 2.05) is 0 Å². The lowest BCUT2D eigenvalue weighted by Gasteiger charge is -2.05. The number of benzene rings is 1. The Morgan fingerprint density at radius 3 is 2.71 bits per heavy atom. The van der Waals surface area contributed by atoms with Crippen molar-refractivity contribution in [1.82, 2.24) is 0 Å². The van der Waals surface area contributed by atoms with Gasteiger partial charge in [0.25, 0.3) is 0 Å². The summed E-state index contributed by atoms with van der Waals surface area (Å²) in [5.74, 6) is 0.133. The second-order valence-corrected chi connectivity index (χ2v) is 3.45. The summed E-state index contributed by atoms with van der Waals surface area (Å²) < 4.78 is 5.48. The van der Waals surface area contributed by atoms with E-state index in [1.165, 1.54) is 19.2 Å². The summed E-state index contributed by atoms with van der Waals surface area (Å²) in [6, 6.07) is 2.97.